The fraction of sp³-hybridized carbons (Fsp3) is 0.300. The number of benzene rings is 1. The highest BCUT2D eigenvalue weighted by Crippen LogP contribution is 2.20. The van der Waals surface area contributed by atoms with Crippen LogP contribution < -0.4 is 5.73 Å². The second-order valence-corrected chi connectivity index (χ2v) is 3.24. The van der Waals surface area contributed by atoms with E-state index >= 15 is 0 Å². The molecule has 1 rings (SSSR count). The van der Waals surface area contributed by atoms with Crippen molar-refractivity contribution in [2.45, 2.75) is 13.2 Å². The second kappa shape index (κ2) is 5.21. The normalized spacial score (nSPS) is 12.5. The number of carbonyl (C=O) groups is 1. The van der Waals surface area contributed by atoms with Crippen molar-refractivity contribution < 1.29 is 13.9 Å². The Morgan fingerprint density at radius 2 is 2.33 bits per heavy atom. The van der Waals surface area contributed by atoms with Crippen LogP contribution >= 0.6 is 11.6 Å². The maximum atomic E-state index is 13.3. The molecule has 2 N–H and O–H groups in total. The number of Topliss-reactive ketones (excluding diaryl/α,β-unsaturated/α-hetero) is 1. The van der Waals surface area contributed by atoms with Gasteiger partial charge in [-0.05, 0) is 19.1 Å². The summed E-state index contributed by atoms with van der Waals surface area (Å²) in [5, 5.41) is 0.0372. The summed E-state index contributed by atoms with van der Waals surface area (Å²) in [5.74, 6) is -1.34. The third-order valence-electron chi connectivity index (χ3n) is 1.81. The van der Waals surface area contributed by atoms with Gasteiger partial charge >= 0.3 is 0 Å². The van der Waals surface area contributed by atoms with Crippen molar-refractivity contribution in [2.75, 3.05) is 6.61 Å². The van der Waals surface area contributed by atoms with Gasteiger partial charge in [0.2, 0.25) is 5.78 Å². The lowest BCUT2D eigenvalue weighted by atomic mass is 10.1. The van der Waals surface area contributed by atoms with E-state index in [9.17, 15) is 9.18 Å². The van der Waals surface area contributed by atoms with E-state index in [1.54, 1.807) is 6.92 Å². The predicted octanol–water partition coefficient (Wildman–Crippen LogP) is 1.98. The third-order valence-corrected chi connectivity index (χ3v) is 2.13. The molecule has 0 bridgehead atoms. The van der Waals surface area contributed by atoms with Crippen LogP contribution in [0.5, 0.6) is 0 Å². The molecule has 1 atom stereocenters. The molecule has 0 saturated carbocycles. The molecule has 0 aromatic heterocycles. The van der Waals surface area contributed by atoms with E-state index in [1.807, 2.05) is 0 Å². The molecule has 0 radical (unpaired) electrons. The lowest BCUT2D eigenvalue weighted by Crippen LogP contribution is -2.34. The first-order chi connectivity index (χ1) is 7.07. The van der Waals surface area contributed by atoms with E-state index in [0.29, 0.717) is 0 Å². The zero-order chi connectivity index (χ0) is 11.4. The molecule has 0 fully saturated rings. The summed E-state index contributed by atoms with van der Waals surface area (Å²) < 4.78 is 18.2. The van der Waals surface area contributed by atoms with Gasteiger partial charge < -0.3 is 4.74 Å². The van der Waals surface area contributed by atoms with Crippen LogP contribution in [0.25, 0.3) is 0 Å². The van der Waals surface area contributed by atoms with Crippen LogP contribution in [-0.4, -0.2) is 18.6 Å². The molecular formula is C10H11ClFNO2. The minimum absolute atomic E-state index is 0.0372. The number of nitrogens with two attached hydrogens (primary N) is 1. The number of hydrogen-bond donors (Lipinski definition) is 1. The standard InChI is InChI=1S/C10H11ClFNO2/c1-2-15-10(13)9(14)8-6(11)4-3-5-7(8)12/h3-5,10H,2,13H2,1H3. The highest BCUT2D eigenvalue weighted by Gasteiger charge is 2.22. The molecule has 0 amide bonds. The van der Waals surface area contributed by atoms with Crippen molar-refractivity contribution in [3.8, 4) is 0 Å². The smallest absolute Gasteiger partial charge is 0.210 e. The molecular weight excluding hydrogens is 221 g/mol. The Morgan fingerprint density at radius 3 is 2.87 bits per heavy atom. The zero-order valence-corrected chi connectivity index (χ0v) is 8.92. The van der Waals surface area contributed by atoms with Gasteiger partial charge in [0.1, 0.15) is 5.82 Å². The number of halogens is 2. The van der Waals surface area contributed by atoms with Gasteiger partial charge in [0, 0.05) is 6.61 Å². The van der Waals surface area contributed by atoms with Crippen molar-refractivity contribution in [3.63, 3.8) is 0 Å². The predicted molar refractivity (Wildman–Crippen MR) is 55.3 cm³/mol. The maximum absolute atomic E-state index is 13.3. The maximum Gasteiger partial charge on any atom is 0.210 e. The summed E-state index contributed by atoms with van der Waals surface area (Å²) in [7, 11) is 0. The Morgan fingerprint density at radius 1 is 1.67 bits per heavy atom. The van der Waals surface area contributed by atoms with Gasteiger partial charge in [-0.25, -0.2) is 4.39 Å². The second-order valence-electron chi connectivity index (χ2n) is 2.84. The van der Waals surface area contributed by atoms with Crippen molar-refractivity contribution in [1.29, 1.82) is 0 Å². The molecule has 1 unspecified atom stereocenters. The number of ether oxygens (including phenoxy) is 1. The molecule has 0 spiro atoms. The van der Waals surface area contributed by atoms with E-state index < -0.39 is 17.8 Å². The van der Waals surface area contributed by atoms with E-state index in [2.05, 4.69) is 0 Å². The van der Waals surface area contributed by atoms with Gasteiger partial charge in [0.15, 0.2) is 6.23 Å². The van der Waals surface area contributed by atoms with E-state index in [1.165, 1.54) is 12.1 Å². The summed E-state index contributed by atoms with van der Waals surface area (Å²) in [5.41, 5.74) is 5.18. The van der Waals surface area contributed by atoms with Crippen molar-refractivity contribution in [1.82, 2.24) is 0 Å². The molecule has 0 heterocycles. The summed E-state index contributed by atoms with van der Waals surface area (Å²) in [6.07, 6.45) is -1.18. The largest absolute Gasteiger partial charge is 0.356 e. The van der Waals surface area contributed by atoms with Crippen LogP contribution in [0, 0.1) is 5.82 Å². The molecule has 0 aliphatic rings. The summed E-state index contributed by atoms with van der Waals surface area (Å²) in [4.78, 5) is 11.6. The highest BCUT2D eigenvalue weighted by molar-refractivity contribution is 6.34. The number of rotatable bonds is 4. The molecule has 82 valence electrons. The molecule has 3 nitrogen and oxygen atoms in total. The first kappa shape index (κ1) is 12.1. The van der Waals surface area contributed by atoms with Crippen LogP contribution in [0.2, 0.25) is 5.02 Å². The molecule has 1 aromatic carbocycles. The Hall–Kier alpha value is -0.970. The van der Waals surface area contributed by atoms with Gasteiger partial charge in [0.25, 0.3) is 0 Å². The van der Waals surface area contributed by atoms with Crippen LogP contribution in [0.4, 0.5) is 4.39 Å². The zero-order valence-electron chi connectivity index (χ0n) is 8.17. The lowest BCUT2D eigenvalue weighted by molar-refractivity contribution is 0.0476. The van der Waals surface area contributed by atoms with E-state index in [-0.39, 0.29) is 17.2 Å². The molecule has 0 aliphatic heterocycles. The van der Waals surface area contributed by atoms with Gasteiger partial charge in [-0.3, -0.25) is 10.5 Å². The third kappa shape index (κ3) is 2.75. The molecule has 15 heavy (non-hydrogen) atoms. The Balaban J connectivity index is 3.00. The number of ketones is 1. The van der Waals surface area contributed by atoms with Gasteiger partial charge in [-0.1, -0.05) is 17.7 Å². The van der Waals surface area contributed by atoms with Crippen molar-refractivity contribution in [2.24, 2.45) is 5.73 Å². The van der Waals surface area contributed by atoms with Crippen LogP contribution in [0.3, 0.4) is 0 Å². The summed E-state index contributed by atoms with van der Waals surface area (Å²) in [6, 6.07) is 4.00. The molecule has 1 aromatic rings. The monoisotopic (exact) mass is 231 g/mol. The van der Waals surface area contributed by atoms with E-state index in [4.69, 9.17) is 22.1 Å². The minimum Gasteiger partial charge on any atom is -0.356 e. The summed E-state index contributed by atoms with van der Waals surface area (Å²) in [6.45, 7) is 1.97. The van der Waals surface area contributed by atoms with Crippen LogP contribution in [0.1, 0.15) is 17.3 Å². The fourth-order valence-corrected chi connectivity index (χ4v) is 1.39. The Bertz CT molecular complexity index is 350. The van der Waals surface area contributed by atoms with Gasteiger partial charge in [-0.15, -0.1) is 0 Å². The average Bonchev–Trinajstić information content (AvgIpc) is 2.17. The molecule has 0 saturated heterocycles. The Kier molecular flexibility index (Phi) is 4.20. The first-order valence-corrected chi connectivity index (χ1v) is 4.81. The minimum atomic E-state index is -1.18. The molecule has 5 heteroatoms. The highest BCUT2D eigenvalue weighted by atomic mass is 35.5. The van der Waals surface area contributed by atoms with Crippen molar-refractivity contribution >= 4 is 17.4 Å². The topological polar surface area (TPSA) is 52.3 Å². The number of carbonyl (C=O) groups excluding carboxylic acids is 1. The van der Waals surface area contributed by atoms with Crippen LogP contribution in [0.15, 0.2) is 18.2 Å². The van der Waals surface area contributed by atoms with Gasteiger partial charge in [-0.2, -0.15) is 0 Å². The van der Waals surface area contributed by atoms with E-state index in [0.717, 1.165) is 6.07 Å². The number of hydrogen-bond acceptors (Lipinski definition) is 3. The quantitative estimate of drug-likeness (QED) is 0.637. The molecule has 0 aliphatic carbocycles. The first-order valence-electron chi connectivity index (χ1n) is 4.43. The van der Waals surface area contributed by atoms with Crippen molar-refractivity contribution in [3.05, 3.63) is 34.6 Å². The SMILES string of the molecule is CCOC(N)C(=O)c1c(F)cccc1Cl. The lowest BCUT2D eigenvalue weighted by Gasteiger charge is -2.11. The fourth-order valence-electron chi connectivity index (χ4n) is 1.13. The average molecular weight is 232 g/mol. The van der Waals surface area contributed by atoms with Crippen LogP contribution in [-0.2, 0) is 4.74 Å². The Labute approximate surface area is 92.0 Å². The van der Waals surface area contributed by atoms with Gasteiger partial charge in [0.05, 0.1) is 10.6 Å². The summed E-state index contributed by atoms with van der Waals surface area (Å²) >= 11 is 5.70.